The lowest BCUT2D eigenvalue weighted by atomic mass is 10.2. The number of nitrogens with zero attached hydrogens (tertiary/aromatic N) is 4. The SMILES string of the molecule is CCN(CC(C)C#N)C(=O)c1ccc(=O)n(CC)n1. The summed E-state index contributed by atoms with van der Waals surface area (Å²) in [6, 6.07) is 4.86. The highest BCUT2D eigenvalue weighted by molar-refractivity contribution is 5.92. The van der Waals surface area contributed by atoms with Crippen molar-refractivity contribution in [1.29, 1.82) is 5.26 Å². The quantitative estimate of drug-likeness (QED) is 0.789. The monoisotopic (exact) mass is 262 g/mol. The van der Waals surface area contributed by atoms with Gasteiger partial charge in [-0.15, -0.1) is 0 Å². The summed E-state index contributed by atoms with van der Waals surface area (Å²) < 4.78 is 1.24. The smallest absolute Gasteiger partial charge is 0.274 e. The minimum absolute atomic E-state index is 0.229. The summed E-state index contributed by atoms with van der Waals surface area (Å²) in [7, 11) is 0. The van der Waals surface area contributed by atoms with E-state index in [2.05, 4.69) is 11.2 Å². The van der Waals surface area contributed by atoms with Crippen molar-refractivity contribution in [2.24, 2.45) is 5.92 Å². The van der Waals surface area contributed by atoms with Gasteiger partial charge in [-0.25, -0.2) is 4.68 Å². The molecule has 0 aliphatic carbocycles. The average molecular weight is 262 g/mol. The lowest BCUT2D eigenvalue weighted by Gasteiger charge is -2.21. The number of carbonyl (C=O) groups excluding carboxylic acids is 1. The van der Waals surface area contributed by atoms with Gasteiger partial charge in [0.15, 0.2) is 0 Å². The molecule has 0 saturated heterocycles. The summed E-state index contributed by atoms with van der Waals surface area (Å²) in [4.78, 5) is 25.2. The van der Waals surface area contributed by atoms with Gasteiger partial charge in [0.1, 0.15) is 5.69 Å². The third kappa shape index (κ3) is 3.65. The van der Waals surface area contributed by atoms with E-state index in [1.165, 1.54) is 16.8 Å². The molecular formula is C13H18N4O2. The zero-order valence-corrected chi connectivity index (χ0v) is 11.5. The highest BCUT2D eigenvalue weighted by Gasteiger charge is 2.18. The van der Waals surface area contributed by atoms with Gasteiger partial charge >= 0.3 is 0 Å². The Kier molecular flexibility index (Phi) is 5.24. The second kappa shape index (κ2) is 6.69. The van der Waals surface area contributed by atoms with Gasteiger partial charge < -0.3 is 4.90 Å². The first-order chi connectivity index (χ1) is 9.03. The van der Waals surface area contributed by atoms with E-state index in [0.717, 1.165) is 0 Å². The van der Waals surface area contributed by atoms with E-state index in [-0.39, 0.29) is 23.1 Å². The minimum Gasteiger partial charge on any atom is -0.336 e. The highest BCUT2D eigenvalue weighted by Crippen LogP contribution is 2.04. The second-order valence-corrected chi connectivity index (χ2v) is 4.25. The molecule has 1 rings (SSSR count). The number of rotatable bonds is 5. The summed E-state index contributed by atoms with van der Waals surface area (Å²) in [5.74, 6) is -0.493. The first-order valence-electron chi connectivity index (χ1n) is 6.30. The first-order valence-corrected chi connectivity index (χ1v) is 6.30. The van der Waals surface area contributed by atoms with Crippen LogP contribution in [0.2, 0.25) is 0 Å². The van der Waals surface area contributed by atoms with Crippen LogP contribution in [0.15, 0.2) is 16.9 Å². The molecule has 0 aliphatic rings. The molecule has 1 unspecified atom stereocenters. The molecule has 1 heterocycles. The van der Waals surface area contributed by atoms with Crippen molar-refractivity contribution >= 4 is 5.91 Å². The molecule has 1 amide bonds. The zero-order chi connectivity index (χ0) is 14.4. The lowest BCUT2D eigenvalue weighted by molar-refractivity contribution is 0.0744. The van der Waals surface area contributed by atoms with Crippen LogP contribution in [0.3, 0.4) is 0 Å². The second-order valence-electron chi connectivity index (χ2n) is 4.25. The van der Waals surface area contributed by atoms with Crippen LogP contribution in [0.25, 0.3) is 0 Å². The Morgan fingerprint density at radius 3 is 2.74 bits per heavy atom. The van der Waals surface area contributed by atoms with Crippen molar-refractivity contribution in [2.45, 2.75) is 27.3 Å². The van der Waals surface area contributed by atoms with Gasteiger partial charge in [-0.3, -0.25) is 9.59 Å². The molecule has 19 heavy (non-hydrogen) atoms. The number of aromatic nitrogens is 2. The van der Waals surface area contributed by atoms with Crippen molar-refractivity contribution in [1.82, 2.24) is 14.7 Å². The number of amides is 1. The van der Waals surface area contributed by atoms with E-state index in [4.69, 9.17) is 5.26 Å². The summed E-state index contributed by atoms with van der Waals surface area (Å²) in [5, 5.41) is 12.8. The van der Waals surface area contributed by atoms with Gasteiger partial charge in [-0.1, -0.05) is 0 Å². The lowest BCUT2D eigenvalue weighted by Crippen LogP contribution is -2.36. The highest BCUT2D eigenvalue weighted by atomic mass is 16.2. The third-order valence-electron chi connectivity index (χ3n) is 2.77. The number of hydrogen-bond donors (Lipinski definition) is 0. The van der Waals surface area contributed by atoms with E-state index in [1.54, 1.807) is 18.7 Å². The van der Waals surface area contributed by atoms with Crippen molar-refractivity contribution < 1.29 is 4.79 Å². The summed E-state index contributed by atoms with van der Waals surface area (Å²) >= 11 is 0. The zero-order valence-electron chi connectivity index (χ0n) is 11.5. The first kappa shape index (κ1) is 14.9. The number of aryl methyl sites for hydroxylation is 1. The fraction of sp³-hybridized carbons (Fsp3) is 0.538. The topological polar surface area (TPSA) is 79.0 Å². The minimum atomic E-state index is -0.258. The predicted octanol–water partition coefficient (Wildman–Crippen LogP) is 0.885. The van der Waals surface area contributed by atoms with Crippen LogP contribution in [-0.4, -0.2) is 33.7 Å². The molecule has 1 aromatic heterocycles. The van der Waals surface area contributed by atoms with E-state index in [9.17, 15) is 9.59 Å². The van der Waals surface area contributed by atoms with Crippen LogP contribution >= 0.6 is 0 Å². The molecule has 0 spiro atoms. The molecule has 102 valence electrons. The summed E-state index contributed by atoms with van der Waals surface area (Å²) in [5.41, 5.74) is 0.000862. The molecule has 0 fully saturated rings. The van der Waals surface area contributed by atoms with Crippen LogP contribution in [0.4, 0.5) is 0 Å². The summed E-state index contributed by atoms with van der Waals surface area (Å²) in [6.07, 6.45) is 0. The molecule has 0 N–H and O–H groups in total. The van der Waals surface area contributed by atoms with E-state index < -0.39 is 0 Å². The van der Waals surface area contributed by atoms with Gasteiger partial charge in [0.2, 0.25) is 0 Å². The van der Waals surface area contributed by atoms with Crippen LogP contribution in [0, 0.1) is 17.2 Å². The molecule has 1 aromatic rings. The average Bonchev–Trinajstić information content (AvgIpc) is 2.44. The van der Waals surface area contributed by atoms with Crippen LogP contribution in [-0.2, 0) is 6.54 Å². The van der Waals surface area contributed by atoms with E-state index in [1.807, 2.05) is 6.92 Å². The molecule has 0 radical (unpaired) electrons. The molecule has 0 bridgehead atoms. The maximum Gasteiger partial charge on any atom is 0.274 e. The number of carbonyl (C=O) groups is 1. The van der Waals surface area contributed by atoms with Crippen molar-refractivity contribution in [3.8, 4) is 6.07 Å². The maximum atomic E-state index is 12.2. The van der Waals surface area contributed by atoms with Crippen molar-refractivity contribution in [2.75, 3.05) is 13.1 Å². The Labute approximate surface area is 112 Å². The fourth-order valence-electron chi connectivity index (χ4n) is 1.68. The van der Waals surface area contributed by atoms with Gasteiger partial charge in [0.05, 0.1) is 12.0 Å². The molecular weight excluding hydrogens is 244 g/mol. The Balaban J connectivity index is 2.98. The van der Waals surface area contributed by atoms with E-state index in [0.29, 0.717) is 19.6 Å². The normalized spacial score (nSPS) is 11.7. The number of hydrogen-bond acceptors (Lipinski definition) is 4. The molecule has 6 heteroatoms. The van der Waals surface area contributed by atoms with Gasteiger partial charge in [0.25, 0.3) is 11.5 Å². The van der Waals surface area contributed by atoms with Crippen LogP contribution in [0.5, 0.6) is 0 Å². The van der Waals surface area contributed by atoms with Gasteiger partial charge in [-0.05, 0) is 26.8 Å². The van der Waals surface area contributed by atoms with Gasteiger partial charge in [0, 0.05) is 25.7 Å². The molecule has 0 aliphatic heterocycles. The van der Waals surface area contributed by atoms with Crippen molar-refractivity contribution in [3.63, 3.8) is 0 Å². The third-order valence-corrected chi connectivity index (χ3v) is 2.77. The Hall–Kier alpha value is -2.16. The standard InChI is InChI=1S/C13H18N4O2/c1-4-16(9-10(3)8-14)13(19)11-6-7-12(18)17(5-2)15-11/h6-7,10H,4-5,9H2,1-3H3. The Morgan fingerprint density at radius 2 is 2.21 bits per heavy atom. The van der Waals surface area contributed by atoms with E-state index >= 15 is 0 Å². The molecule has 0 saturated carbocycles. The van der Waals surface area contributed by atoms with Crippen LogP contribution in [0.1, 0.15) is 31.3 Å². The Morgan fingerprint density at radius 1 is 1.53 bits per heavy atom. The Bertz CT molecular complexity index is 544. The van der Waals surface area contributed by atoms with Crippen molar-refractivity contribution in [3.05, 3.63) is 28.2 Å². The van der Waals surface area contributed by atoms with Gasteiger partial charge in [-0.2, -0.15) is 10.4 Å². The fourth-order valence-corrected chi connectivity index (χ4v) is 1.68. The largest absolute Gasteiger partial charge is 0.336 e. The molecule has 6 nitrogen and oxygen atoms in total. The predicted molar refractivity (Wildman–Crippen MR) is 70.5 cm³/mol. The maximum absolute atomic E-state index is 12.2. The molecule has 1 atom stereocenters. The number of nitriles is 1. The van der Waals surface area contributed by atoms with Crippen LogP contribution < -0.4 is 5.56 Å². The summed E-state index contributed by atoms with van der Waals surface area (Å²) in [6.45, 7) is 6.67. The molecule has 0 aromatic carbocycles.